The molecule has 1 aromatic heterocycles. The van der Waals surface area contributed by atoms with Crippen LogP contribution in [0.1, 0.15) is 12.5 Å². The number of carbonyl (C=O) groups is 1. The maximum absolute atomic E-state index is 11.9. The lowest BCUT2D eigenvalue weighted by Crippen LogP contribution is -2.40. The highest BCUT2D eigenvalue weighted by molar-refractivity contribution is 5.88. The first kappa shape index (κ1) is 15.1. The molecule has 0 saturated carbocycles. The molecule has 21 heavy (non-hydrogen) atoms. The minimum absolute atomic E-state index is 0.0770. The van der Waals surface area contributed by atoms with Crippen molar-refractivity contribution in [3.05, 3.63) is 48.2 Å². The number of benzene rings is 1. The molecule has 1 heterocycles. The van der Waals surface area contributed by atoms with Crippen molar-refractivity contribution in [2.45, 2.75) is 19.5 Å². The lowest BCUT2D eigenvalue weighted by Gasteiger charge is -2.22. The molecule has 0 radical (unpaired) electrons. The zero-order valence-electron chi connectivity index (χ0n) is 12.2. The van der Waals surface area contributed by atoms with Crippen LogP contribution in [-0.4, -0.2) is 45.5 Å². The van der Waals surface area contributed by atoms with Gasteiger partial charge in [0.1, 0.15) is 0 Å². The van der Waals surface area contributed by atoms with Gasteiger partial charge in [0, 0.05) is 19.3 Å². The number of carbonyl (C=O) groups excluding carboxylic acids is 1. The Morgan fingerprint density at radius 2 is 2.10 bits per heavy atom. The maximum atomic E-state index is 11.9. The summed E-state index contributed by atoms with van der Waals surface area (Å²) >= 11 is 0. The molecule has 1 aromatic carbocycles. The molecular weight excluding hydrogens is 268 g/mol. The van der Waals surface area contributed by atoms with Crippen molar-refractivity contribution in [1.82, 2.24) is 14.7 Å². The van der Waals surface area contributed by atoms with Gasteiger partial charge in [0.2, 0.25) is 0 Å². The monoisotopic (exact) mass is 288 g/mol. The number of rotatable bonds is 5. The summed E-state index contributed by atoms with van der Waals surface area (Å²) in [6.45, 7) is 2.35. The smallest absolute Gasteiger partial charge is 0.323 e. The molecule has 6 nitrogen and oxygen atoms in total. The van der Waals surface area contributed by atoms with Crippen LogP contribution in [0.15, 0.2) is 42.6 Å². The molecule has 1 atom stereocenters. The van der Waals surface area contributed by atoms with Crippen molar-refractivity contribution in [3.63, 3.8) is 0 Å². The van der Waals surface area contributed by atoms with Gasteiger partial charge < -0.3 is 10.0 Å². The van der Waals surface area contributed by atoms with Gasteiger partial charge in [-0.2, -0.15) is 5.10 Å². The summed E-state index contributed by atoms with van der Waals surface area (Å²) in [7, 11) is 1.64. The Balaban J connectivity index is 1.96. The van der Waals surface area contributed by atoms with Crippen LogP contribution in [0.5, 0.6) is 0 Å². The molecule has 6 heteroatoms. The molecule has 0 saturated heterocycles. The second-order valence-electron chi connectivity index (χ2n) is 4.96. The molecule has 2 aromatic rings. The zero-order chi connectivity index (χ0) is 15.2. The number of urea groups is 1. The average Bonchev–Trinajstić information content (AvgIpc) is 2.93. The molecule has 0 spiro atoms. The van der Waals surface area contributed by atoms with E-state index in [4.69, 9.17) is 5.11 Å². The first-order valence-electron chi connectivity index (χ1n) is 6.82. The van der Waals surface area contributed by atoms with Crippen LogP contribution in [0.3, 0.4) is 0 Å². The van der Waals surface area contributed by atoms with E-state index in [9.17, 15) is 4.79 Å². The molecule has 0 aliphatic heterocycles. The van der Waals surface area contributed by atoms with E-state index in [2.05, 4.69) is 10.4 Å². The Morgan fingerprint density at radius 1 is 1.38 bits per heavy atom. The van der Waals surface area contributed by atoms with Crippen LogP contribution in [0, 0.1) is 0 Å². The molecule has 2 amide bonds. The van der Waals surface area contributed by atoms with Crippen LogP contribution in [0.2, 0.25) is 0 Å². The van der Waals surface area contributed by atoms with Gasteiger partial charge in [0.25, 0.3) is 0 Å². The van der Waals surface area contributed by atoms with Crippen molar-refractivity contribution in [2.24, 2.45) is 0 Å². The van der Waals surface area contributed by atoms with Crippen LogP contribution in [-0.2, 0) is 6.54 Å². The maximum Gasteiger partial charge on any atom is 0.323 e. The molecule has 1 unspecified atom stereocenters. The second-order valence-corrected chi connectivity index (χ2v) is 4.96. The first-order valence-corrected chi connectivity index (χ1v) is 6.82. The lowest BCUT2D eigenvalue weighted by molar-refractivity contribution is 0.166. The second kappa shape index (κ2) is 6.90. The third-order valence-corrected chi connectivity index (χ3v) is 3.31. The Morgan fingerprint density at radius 3 is 2.76 bits per heavy atom. The average molecular weight is 288 g/mol. The highest BCUT2D eigenvalue weighted by atomic mass is 16.3. The molecule has 112 valence electrons. The summed E-state index contributed by atoms with van der Waals surface area (Å²) < 4.78 is 1.76. The number of nitrogens with zero attached hydrogens (tertiary/aromatic N) is 3. The van der Waals surface area contributed by atoms with Crippen molar-refractivity contribution in [1.29, 1.82) is 0 Å². The number of anilines is 1. The van der Waals surface area contributed by atoms with Crippen molar-refractivity contribution >= 4 is 11.8 Å². The molecule has 0 bridgehead atoms. The van der Waals surface area contributed by atoms with E-state index in [-0.39, 0.29) is 18.7 Å². The third kappa shape index (κ3) is 4.06. The third-order valence-electron chi connectivity index (χ3n) is 3.31. The van der Waals surface area contributed by atoms with Gasteiger partial charge in [0.15, 0.2) is 5.82 Å². The molecule has 0 aliphatic rings. The summed E-state index contributed by atoms with van der Waals surface area (Å²) in [4.78, 5) is 13.4. The first-order chi connectivity index (χ1) is 10.1. The predicted octanol–water partition coefficient (Wildman–Crippen LogP) is 1.78. The number of aliphatic hydroxyl groups excluding tert-OH is 1. The van der Waals surface area contributed by atoms with E-state index >= 15 is 0 Å². The topological polar surface area (TPSA) is 70.4 Å². The van der Waals surface area contributed by atoms with Gasteiger partial charge in [-0.25, -0.2) is 4.79 Å². The van der Waals surface area contributed by atoms with Crippen LogP contribution >= 0.6 is 0 Å². The Hall–Kier alpha value is -2.34. The lowest BCUT2D eigenvalue weighted by atomic mass is 10.2. The molecule has 2 rings (SSSR count). The largest absolute Gasteiger partial charge is 0.394 e. The van der Waals surface area contributed by atoms with E-state index in [0.717, 1.165) is 5.56 Å². The molecule has 0 fully saturated rings. The predicted molar refractivity (Wildman–Crippen MR) is 81.1 cm³/mol. The minimum Gasteiger partial charge on any atom is -0.394 e. The number of nitrogens with one attached hydrogen (secondary N) is 1. The highest BCUT2D eigenvalue weighted by Crippen LogP contribution is 2.08. The van der Waals surface area contributed by atoms with Crippen LogP contribution < -0.4 is 5.32 Å². The fourth-order valence-corrected chi connectivity index (χ4v) is 1.81. The zero-order valence-corrected chi connectivity index (χ0v) is 12.2. The molecule has 0 aliphatic carbocycles. The van der Waals surface area contributed by atoms with Gasteiger partial charge in [-0.1, -0.05) is 30.3 Å². The summed E-state index contributed by atoms with van der Waals surface area (Å²) in [5.41, 5.74) is 1.14. The number of aromatic nitrogens is 2. The summed E-state index contributed by atoms with van der Waals surface area (Å²) in [6.07, 6.45) is 1.82. The van der Waals surface area contributed by atoms with Gasteiger partial charge in [-0.15, -0.1) is 0 Å². The Labute approximate surface area is 124 Å². The Bertz CT molecular complexity index is 582. The molecule has 2 N–H and O–H groups in total. The number of aliphatic hydroxyl groups is 1. The quantitative estimate of drug-likeness (QED) is 0.881. The molecular formula is C15H20N4O2. The SMILES string of the molecule is CC(CO)N(C)C(=O)Nc1ccn(Cc2ccccc2)n1. The number of amides is 2. The number of hydrogen-bond donors (Lipinski definition) is 2. The van der Waals surface area contributed by atoms with E-state index in [1.807, 2.05) is 36.5 Å². The van der Waals surface area contributed by atoms with E-state index in [1.54, 1.807) is 24.7 Å². The summed E-state index contributed by atoms with van der Waals surface area (Å²) in [5.74, 6) is 0.493. The highest BCUT2D eigenvalue weighted by Gasteiger charge is 2.15. The van der Waals surface area contributed by atoms with Gasteiger partial charge in [0.05, 0.1) is 19.2 Å². The van der Waals surface area contributed by atoms with Crippen molar-refractivity contribution in [2.75, 3.05) is 19.0 Å². The Kier molecular flexibility index (Phi) is 4.94. The fraction of sp³-hybridized carbons (Fsp3) is 0.333. The summed E-state index contributed by atoms with van der Waals surface area (Å²) in [5, 5.41) is 16.1. The summed E-state index contributed by atoms with van der Waals surface area (Å²) in [6, 6.07) is 11.2. The van der Waals surface area contributed by atoms with Gasteiger partial charge >= 0.3 is 6.03 Å². The van der Waals surface area contributed by atoms with E-state index < -0.39 is 0 Å². The fourth-order valence-electron chi connectivity index (χ4n) is 1.81. The van der Waals surface area contributed by atoms with Gasteiger partial charge in [-0.05, 0) is 12.5 Å². The van der Waals surface area contributed by atoms with Crippen LogP contribution in [0.25, 0.3) is 0 Å². The van der Waals surface area contributed by atoms with Crippen molar-refractivity contribution < 1.29 is 9.90 Å². The standard InChI is InChI=1S/C15H20N4O2/c1-12(11-20)18(2)15(21)16-14-8-9-19(17-14)10-13-6-4-3-5-7-13/h3-9,12,20H,10-11H2,1-2H3,(H,16,17,21). The normalized spacial score (nSPS) is 12.0. The van der Waals surface area contributed by atoms with Crippen molar-refractivity contribution in [3.8, 4) is 0 Å². The van der Waals surface area contributed by atoms with Crippen LogP contribution in [0.4, 0.5) is 10.6 Å². The van der Waals surface area contributed by atoms with Gasteiger partial charge in [-0.3, -0.25) is 10.00 Å². The number of likely N-dealkylation sites (N-methyl/N-ethyl adjacent to an activating group) is 1. The van der Waals surface area contributed by atoms with E-state index in [1.165, 1.54) is 4.90 Å². The number of hydrogen-bond acceptors (Lipinski definition) is 3. The van der Waals surface area contributed by atoms with E-state index in [0.29, 0.717) is 12.4 Å². The minimum atomic E-state index is -0.290.